The molecular formula is C12H16N4O. The van der Waals surface area contributed by atoms with Crippen LogP contribution in [-0.4, -0.2) is 27.3 Å². The number of hydrogen-bond acceptors (Lipinski definition) is 4. The molecule has 5 nitrogen and oxygen atoms in total. The summed E-state index contributed by atoms with van der Waals surface area (Å²) in [6.07, 6.45) is 5.40. The molecule has 5 heteroatoms. The molecule has 0 amide bonds. The predicted molar refractivity (Wildman–Crippen MR) is 63.6 cm³/mol. The van der Waals surface area contributed by atoms with Crippen LogP contribution in [0.25, 0.3) is 5.65 Å². The third kappa shape index (κ3) is 2.03. The molecule has 1 aliphatic heterocycles. The number of nitrogens with two attached hydrogens (primary N) is 1. The zero-order valence-electron chi connectivity index (χ0n) is 9.67. The van der Waals surface area contributed by atoms with E-state index in [1.54, 1.807) is 0 Å². The highest BCUT2D eigenvalue weighted by Crippen LogP contribution is 2.17. The quantitative estimate of drug-likeness (QED) is 0.854. The molecule has 1 atom stereocenters. The molecule has 1 aliphatic rings. The summed E-state index contributed by atoms with van der Waals surface area (Å²) in [6.45, 7) is 1.41. The molecule has 3 rings (SSSR count). The Morgan fingerprint density at radius 3 is 3.12 bits per heavy atom. The summed E-state index contributed by atoms with van der Waals surface area (Å²) in [7, 11) is 0. The summed E-state index contributed by atoms with van der Waals surface area (Å²) in [5.74, 6) is 0.960. The largest absolute Gasteiger partial charge is 0.378 e. The van der Waals surface area contributed by atoms with Crippen molar-refractivity contribution in [2.75, 3.05) is 6.61 Å². The van der Waals surface area contributed by atoms with E-state index < -0.39 is 0 Å². The lowest BCUT2D eigenvalue weighted by Crippen LogP contribution is -2.11. The summed E-state index contributed by atoms with van der Waals surface area (Å²) >= 11 is 0. The molecule has 0 spiro atoms. The lowest BCUT2D eigenvalue weighted by molar-refractivity contribution is 0.109. The van der Waals surface area contributed by atoms with Crippen LogP contribution in [-0.2, 0) is 17.7 Å². The van der Waals surface area contributed by atoms with E-state index in [0.29, 0.717) is 12.6 Å². The summed E-state index contributed by atoms with van der Waals surface area (Å²) in [4.78, 5) is 0. The highest BCUT2D eigenvalue weighted by Gasteiger charge is 2.18. The number of fused-ring (bicyclic) bond motifs is 1. The Balaban J connectivity index is 1.92. The van der Waals surface area contributed by atoms with Crippen LogP contribution in [0.1, 0.15) is 24.2 Å². The minimum atomic E-state index is 0.295. The number of hydrogen-bond donors (Lipinski definition) is 1. The van der Waals surface area contributed by atoms with Gasteiger partial charge in [-0.3, -0.25) is 4.40 Å². The molecule has 17 heavy (non-hydrogen) atoms. The van der Waals surface area contributed by atoms with E-state index in [9.17, 15) is 0 Å². The van der Waals surface area contributed by atoms with Gasteiger partial charge in [-0.05, 0) is 24.5 Å². The smallest absolute Gasteiger partial charge is 0.160 e. The van der Waals surface area contributed by atoms with E-state index in [2.05, 4.69) is 10.2 Å². The summed E-state index contributed by atoms with van der Waals surface area (Å²) in [5, 5.41) is 8.38. The second kappa shape index (κ2) is 4.43. The Kier molecular flexibility index (Phi) is 2.78. The molecule has 90 valence electrons. The maximum absolute atomic E-state index is 5.64. The Bertz CT molecular complexity index is 516. The minimum absolute atomic E-state index is 0.295. The van der Waals surface area contributed by atoms with Crippen molar-refractivity contribution in [3.63, 3.8) is 0 Å². The molecule has 0 aliphatic carbocycles. The fourth-order valence-corrected chi connectivity index (χ4v) is 2.25. The van der Waals surface area contributed by atoms with Gasteiger partial charge in [0.2, 0.25) is 0 Å². The molecule has 1 saturated heterocycles. The molecule has 2 aromatic rings. The van der Waals surface area contributed by atoms with Crippen molar-refractivity contribution in [3.8, 4) is 0 Å². The maximum atomic E-state index is 5.64. The first-order chi connectivity index (χ1) is 8.36. The zero-order chi connectivity index (χ0) is 11.7. The van der Waals surface area contributed by atoms with Crippen LogP contribution >= 0.6 is 0 Å². The Hall–Kier alpha value is -1.46. The van der Waals surface area contributed by atoms with Crippen molar-refractivity contribution in [2.45, 2.75) is 31.9 Å². The van der Waals surface area contributed by atoms with Gasteiger partial charge in [0.1, 0.15) is 5.82 Å². The van der Waals surface area contributed by atoms with Gasteiger partial charge in [0.25, 0.3) is 0 Å². The van der Waals surface area contributed by atoms with Gasteiger partial charge in [-0.1, -0.05) is 6.07 Å². The van der Waals surface area contributed by atoms with Crippen molar-refractivity contribution < 1.29 is 4.74 Å². The van der Waals surface area contributed by atoms with Crippen LogP contribution in [0.3, 0.4) is 0 Å². The topological polar surface area (TPSA) is 65.4 Å². The number of pyridine rings is 1. The van der Waals surface area contributed by atoms with Crippen LogP contribution in [0.4, 0.5) is 0 Å². The van der Waals surface area contributed by atoms with Crippen molar-refractivity contribution >= 4 is 5.65 Å². The SMILES string of the molecule is NCc1ccc2nnc(CC3CCCO3)n2c1. The van der Waals surface area contributed by atoms with Gasteiger partial charge in [-0.2, -0.15) is 0 Å². The van der Waals surface area contributed by atoms with Crippen molar-refractivity contribution in [2.24, 2.45) is 5.73 Å². The molecule has 0 aromatic carbocycles. The first kappa shape index (κ1) is 10.7. The Morgan fingerprint density at radius 1 is 1.41 bits per heavy atom. The fourth-order valence-electron chi connectivity index (χ4n) is 2.25. The van der Waals surface area contributed by atoms with E-state index in [1.165, 1.54) is 0 Å². The molecule has 0 radical (unpaired) electrons. The summed E-state index contributed by atoms with van der Waals surface area (Å²) in [6, 6.07) is 3.94. The summed E-state index contributed by atoms with van der Waals surface area (Å²) in [5.41, 5.74) is 7.60. The second-order valence-corrected chi connectivity index (χ2v) is 4.43. The van der Waals surface area contributed by atoms with Crippen molar-refractivity contribution in [1.82, 2.24) is 14.6 Å². The Morgan fingerprint density at radius 2 is 2.35 bits per heavy atom. The highest BCUT2D eigenvalue weighted by molar-refractivity contribution is 5.39. The zero-order valence-corrected chi connectivity index (χ0v) is 9.67. The number of rotatable bonds is 3. The van der Waals surface area contributed by atoms with E-state index >= 15 is 0 Å². The average Bonchev–Trinajstić information content (AvgIpc) is 2.99. The monoisotopic (exact) mass is 232 g/mol. The van der Waals surface area contributed by atoms with E-state index in [4.69, 9.17) is 10.5 Å². The Labute approximate surface area is 99.6 Å². The molecule has 2 aromatic heterocycles. The molecule has 1 fully saturated rings. The van der Waals surface area contributed by atoms with Crippen molar-refractivity contribution in [1.29, 1.82) is 0 Å². The second-order valence-electron chi connectivity index (χ2n) is 4.43. The predicted octanol–water partition coefficient (Wildman–Crippen LogP) is 0.909. The van der Waals surface area contributed by atoms with Gasteiger partial charge >= 0.3 is 0 Å². The van der Waals surface area contributed by atoms with Gasteiger partial charge in [0.15, 0.2) is 5.65 Å². The van der Waals surface area contributed by atoms with Gasteiger partial charge in [0, 0.05) is 25.8 Å². The van der Waals surface area contributed by atoms with Crippen LogP contribution in [0.2, 0.25) is 0 Å². The molecule has 1 unspecified atom stereocenters. The molecule has 0 saturated carbocycles. The van der Waals surface area contributed by atoms with Crippen LogP contribution in [0, 0.1) is 0 Å². The number of aromatic nitrogens is 3. The van der Waals surface area contributed by atoms with Gasteiger partial charge in [0.05, 0.1) is 6.10 Å². The lowest BCUT2D eigenvalue weighted by atomic mass is 10.2. The number of ether oxygens (including phenoxy) is 1. The van der Waals surface area contributed by atoms with Crippen molar-refractivity contribution in [3.05, 3.63) is 29.7 Å². The molecule has 0 bridgehead atoms. The van der Waals surface area contributed by atoms with E-state index in [1.807, 2.05) is 22.7 Å². The van der Waals surface area contributed by atoms with Gasteiger partial charge in [-0.15, -0.1) is 10.2 Å². The molecular weight excluding hydrogens is 216 g/mol. The average molecular weight is 232 g/mol. The fraction of sp³-hybridized carbons (Fsp3) is 0.500. The first-order valence-electron chi connectivity index (χ1n) is 6.01. The number of nitrogens with zero attached hydrogens (tertiary/aromatic N) is 3. The van der Waals surface area contributed by atoms with Crippen LogP contribution < -0.4 is 5.73 Å². The maximum Gasteiger partial charge on any atom is 0.160 e. The van der Waals surface area contributed by atoms with Gasteiger partial charge in [-0.25, -0.2) is 0 Å². The normalized spacial score (nSPS) is 20.2. The highest BCUT2D eigenvalue weighted by atomic mass is 16.5. The molecule has 3 heterocycles. The lowest BCUT2D eigenvalue weighted by Gasteiger charge is -2.07. The van der Waals surface area contributed by atoms with Gasteiger partial charge < -0.3 is 10.5 Å². The minimum Gasteiger partial charge on any atom is -0.378 e. The van der Waals surface area contributed by atoms with E-state index in [-0.39, 0.29) is 0 Å². The standard InChI is InChI=1S/C12H16N4O/c13-7-9-3-4-11-14-15-12(16(11)8-9)6-10-2-1-5-17-10/h3-4,8,10H,1-2,5-7,13H2. The third-order valence-electron chi connectivity index (χ3n) is 3.20. The van der Waals surface area contributed by atoms with Crippen LogP contribution in [0.15, 0.2) is 18.3 Å². The third-order valence-corrected chi connectivity index (χ3v) is 3.20. The molecule has 2 N–H and O–H groups in total. The first-order valence-corrected chi connectivity index (χ1v) is 6.01. The van der Waals surface area contributed by atoms with E-state index in [0.717, 1.165) is 42.9 Å². The van der Waals surface area contributed by atoms with Crippen LogP contribution in [0.5, 0.6) is 0 Å². The summed E-state index contributed by atoms with van der Waals surface area (Å²) < 4.78 is 7.64.